The molecule has 1 aliphatic rings. The maximum absolute atomic E-state index is 13.1. The molecule has 4 heterocycles. The lowest BCUT2D eigenvalue weighted by Crippen LogP contribution is -2.48. The first-order chi connectivity index (χ1) is 14.9. The van der Waals surface area contributed by atoms with Gasteiger partial charge in [0, 0.05) is 38.4 Å². The van der Waals surface area contributed by atoms with E-state index in [1.165, 1.54) is 28.7 Å². The van der Waals surface area contributed by atoms with Gasteiger partial charge in [-0.15, -0.1) is 11.3 Å². The van der Waals surface area contributed by atoms with Crippen molar-refractivity contribution in [3.63, 3.8) is 0 Å². The minimum atomic E-state index is -3.69. The molecule has 0 saturated carbocycles. The van der Waals surface area contributed by atoms with Gasteiger partial charge in [0.2, 0.25) is 5.69 Å². The second-order valence-electron chi connectivity index (χ2n) is 6.61. The molecular weight excluding hydrogens is 438 g/mol. The fourth-order valence-electron chi connectivity index (χ4n) is 3.18. The van der Waals surface area contributed by atoms with E-state index >= 15 is 0 Å². The van der Waals surface area contributed by atoms with Crippen LogP contribution in [0.3, 0.4) is 0 Å². The number of nitrogens with one attached hydrogen (secondary N) is 1. The monoisotopic (exact) mass is 453 g/mol. The number of hydrogen-bond acceptors (Lipinski definition) is 8. The lowest BCUT2D eigenvalue weighted by molar-refractivity contribution is 0.385. The molecule has 0 radical (unpaired) electrons. The molecule has 0 aliphatic carbocycles. The predicted molar refractivity (Wildman–Crippen MR) is 114 cm³/mol. The van der Waals surface area contributed by atoms with Gasteiger partial charge in [0.25, 0.3) is 15.6 Å². The minimum absolute atomic E-state index is 0.197. The van der Waals surface area contributed by atoms with Crippen LogP contribution in [0, 0.1) is 17.9 Å². The Kier molecular flexibility index (Phi) is 5.52. The van der Waals surface area contributed by atoms with E-state index in [9.17, 15) is 13.2 Å². The number of anilines is 1. The Labute approximate surface area is 181 Å². The Bertz CT molecular complexity index is 1350. The van der Waals surface area contributed by atoms with Crippen molar-refractivity contribution in [1.29, 1.82) is 5.26 Å². The normalized spacial score (nSPS) is 14.7. The molecule has 0 atom stereocenters. The second-order valence-corrected chi connectivity index (χ2v) is 9.86. The largest absolute Gasteiger partial charge is 0.363 e. The third kappa shape index (κ3) is 4.04. The van der Waals surface area contributed by atoms with Gasteiger partial charge in [0.1, 0.15) is 15.7 Å². The molecule has 1 aliphatic heterocycles. The summed E-state index contributed by atoms with van der Waals surface area (Å²) in [7, 11) is -3.69. The average Bonchev–Trinajstić information content (AvgIpc) is 3.30. The zero-order valence-electron chi connectivity index (χ0n) is 16.0. The van der Waals surface area contributed by atoms with Crippen molar-refractivity contribution in [2.45, 2.75) is 4.21 Å². The van der Waals surface area contributed by atoms with Crippen LogP contribution in [0.1, 0.15) is 5.56 Å². The number of rotatable bonds is 4. The molecule has 3 aromatic rings. The van der Waals surface area contributed by atoms with Crippen LogP contribution in [0.15, 0.2) is 45.5 Å². The standard InChI is InChI=1S/C19H15N7O3S2/c1-21-15-10-13(11-20)12-22-19(15)25-6-8-26(9-7-25)31(28,29)18-5-3-16(30-18)14-2-4-17(27)24-23-14/h2-5,10,12H,6-9H2,(H,24,27). The molecule has 1 fully saturated rings. The van der Waals surface area contributed by atoms with Crippen molar-refractivity contribution in [2.75, 3.05) is 31.1 Å². The number of hydrogen-bond donors (Lipinski definition) is 1. The molecule has 0 unspecified atom stereocenters. The van der Waals surface area contributed by atoms with Crippen LogP contribution >= 0.6 is 11.3 Å². The highest BCUT2D eigenvalue weighted by atomic mass is 32.2. The summed E-state index contributed by atoms with van der Waals surface area (Å²) in [5.74, 6) is 0.452. The molecule has 0 amide bonds. The molecule has 12 heteroatoms. The first kappa shape index (κ1) is 20.7. The van der Waals surface area contributed by atoms with Crippen LogP contribution in [0.4, 0.5) is 11.5 Å². The highest BCUT2D eigenvalue weighted by Crippen LogP contribution is 2.32. The molecular formula is C19H15N7O3S2. The van der Waals surface area contributed by atoms with Crippen LogP contribution in [-0.4, -0.2) is 54.1 Å². The highest BCUT2D eigenvalue weighted by Gasteiger charge is 2.31. The predicted octanol–water partition coefficient (Wildman–Crippen LogP) is 1.83. The van der Waals surface area contributed by atoms with Gasteiger partial charge in [-0.3, -0.25) is 4.79 Å². The Hall–Kier alpha value is -3.58. The van der Waals surface area contributed by atoms with Gasteiger partial charge < -0.3 is 4.90 Å². The second kappa shape index (κ2) is 8.28. The van der Waals surface area contributed by atoms with E-state index in [1.54, 1.807) is 12.1 Å². The maximum Gasteiger partial charge on any atom is 0.264 e. The zero-order valence-corrected chi connectivity index (χ0v) is 17.7. The summed E-state index contributed by atoms with van der Waals surface area (Å²) in [5.41, 5.74) is 0.742. The summed E-state index contributed by atoms with van der Waals surface area (Å²) in [4.78, 5) is 21.3. The van der Waals surface area contributed by atoms with E-state index in [0.717, 1.165) is 11.3 Å². The minimum Gasteiger partial charge on any atom is -0.363 e. The van der Waals surface area contributed by atoms with Gasteiger partial charge in [0.15, 0.2) is 0 Å². The summed E-state index contributed by atoms with van der Waals surface area (Å²) in [6.07, 6.45) is 1.41. The Morgan fingerprint density at radius 2 is 1.97 bits per heavy atom. The summed E-state index contributed by atoms with van der Waals surface area (Å²) in [6, 6.07) is 9.52. The summed E-state index contributed by atoms with van der Waals surface area (Å²) in [6.45, 7) is 8.56. The molecule has 0 aromatic carbocycles. The van der Waals surface area contributed by atoms with Gasteiger partial charge in [-0.1, -0.05) is 0 Å². The third-order valence-electron chi connectivity index (χ3n) is 4.74. The molecule has 0 bridgehead atoms. The van der Waals surface area contributed by atoms with Crippen LogP contribution in [0.5, 0.6) is 0 Å². The zero-order chi connectivity index (χ0) is 22.0. The topological polar surface area (TPSA) is 127 Å². The molecule has 1 saturated heterocycles. The molecule has 31 heavy (non-hydrogen) atoms. The van der Waals surface area contributed by atoms with Crippen molar-refractivity contribution in [3.8, 4) is 16.6 Å². The third-order valence-corrected chi connectivity index (χ3v) is 8.22. The Morgan fingerprint density at radius 3 is 2.61 bits per heavy atom. The van der Waals surface area contributed by atoms with E-state index < -0.39 is 10.0 Å². The lowest BCUT2D eigenvalue weighted by atomic mass is 10.2. The van der Waals surface area contributed by atoms with Gasteiger partial charge in [0.05, 0.1) is 23.1 Å². The van der Waals surface area contributed by atoms with Crippen molar-refractivity contribution in [3.05, 3.63) is 63.9 Å². The maximum atomic E-state index is 13.1. The van der Waals surface area contributed by atoms with Gasteiger partial charge >= 0.3 is 0 Å². The van der Waals surface area contributed by atoms with Gasteiger partial charge in [-0.05, 0) is 24.3 Å². The van der Waals surface area contributed by atoms with Crippen molar-refractivity contribution in [1.82, 2.24) is 19.5 Å². The quantitative estimate of drug-likeness (QED) is 0.597. The molecule has 3 aromatic heterocycles. The van der Waals surface area contributed by atoms with E-state index in [0.29, 0.717) is 35.0 Å². The van der Waals surface area contributed by atoms with Gasteiger partial charge in [-0.25, -0.2) is 23.3 Å². The smallest absolute Gasteiger partial charge is 0.264 e. The number of aromatic nitrogens is 3. The molecule has 1 N–H and O–H groups in total. The molecule has 4 rings (SSSR count). The molecule has 156 valence electrons. The van der Waals surface area contributed by atoms with Gasteiger partial charge in [-0.2, -0.15) is 14.7 Å². The van der Waals surface area contributed by atoms with E-state index in [1.807, 2.05) is 11.0 Å². The number of aromatic amines is 1. The highest BCUT2D eigenvalue weighted by molar-refractivity contribution is 7.91. The number of pyridine rings is 1. The Morgan fingerprint density at radius 1 is 1.19 bits per heavy atom. The molecule has 10 nitrogen and oxygen atoms in total. The van der Waals surface area contributed by atoms with Crippen molar-refractivity contribution >= 4 is 32.9 Å². The fraction of sp³-hybridized carbons (Fsp3) is 0.211. The number of nitrogens with zero attached hydrogens (tertiary/aromatic N) is 6. The lowest BCUT2D eigenvalue weighted by Gasteiger charge is -2.34. The number of thiophene rings is 1. The summed E-state index contributed by atoms with van der Waals surface area (Å²) >= 11 is 1.09. The van der Waals surface area contributed by atoms with Crippen LogP contribution in [0.2, 0.25) is 0 Å². The van der Waals surface area contributed by atoms with Crippen molar-refractivity contribution < 1.29 is 8.42 Å². The number of piperazine rings is 1. The fourth-order valence-corrected chi connectivity index (χ4v) is 6.03. The van der Waals surface area contributed by atoms with Crippen LogP contribution in [-0.2, 0) is 10.0 Å². The number of nitriles is 1. The first-order valence-electron chi connectivity index (χ1n) is 9.11. The number of H-pyrrole nitrogens is 1. The van der Waals surface area contributed by atoms with E-state index in [2.05, 4.69) is 20.0 Å². The summed E-state index contributed by atoms with van der Waals surface area (Å²) in [5, 5.41) is 15.3. The van der Waals surface area contributed by atoms with Crippen LogP contribution < -0.4 is 10.5 Å². The Balaban J connectivity index is 1.50. The number of sulfonamides is 1. The SMILES string of the molecule is [C-]#[N+]c1cc(C#N)cnc1N1CCN(S(=O)(=O)c2ccc(-c3ccc(=O)[nH]n3)s2)CC1. The summed E-state index contributed by atoms with van der Waals surface area (Å²) < 4.78 is 27.8. The van der Waals surface area contributed by atoms with E-state index in [4.69, 9.17) is 11.8 Å². The van der Waals surface area contributed by atoms with Crippen molar-refractivity contribution in [2.24, 2.45) is 0 Å². The average molecular weight is 454 g/mol. The first-order valence-corrected chi connectivity index (χ1v) is 11.4. The molecule has 0 spiro atoms. The van der Waals surface area contributed by atoms with Crippen LogP contribution in [0.25, 0.3) is 15.4 Å². The van der Waals surface area contributed by atoms with E-state index in [-0.39, 0.29) is 28.5 Å².